The first-order valence-corrected chi connectivity index (χ1v) is 8.33. The minimum Gasteiger partial charge on any atom is -0.379 e. The third kappa shape index (κ3) is 5.51. The standard InChI is InChI=1S/C16H29N5O2/c1-12(2)9-14(21-5-7-23-8-6-21)11-17-16(22)18-15-10-13(3)19-20(15)4/h10,12,14H,5-9,11H2,1-4H3,(H2,17,18,22). The number of nitrogens with one attached hydrogen (secondary N) is 2. The van der Waals surface area contributed by atoms with Gasteiger partial charge in [-0.2, -0.15) is 5.10 Å². The summed E-state index contributed by atoms with van der Waals surface area (Å²) in [6, 6.07) is 2.01. The lowest BCUT2D eigenvalue weighted by molar-refractivity contribution is 0.0130. The Kier molecular flexibility index (Phi) is 6.41. The Morgan fingerprint density at radius 2 is 2.09 bits per heavy atom. The van der Waals surface area contributed by atoms with Crippen LogP contribution in [0.1, 0.15) is 26.0 Å². The minimum absolute atomic E-state index is 0.185. The van der Waals surface area contributed by atoms with Crippen LogP contribution in [0.25, 0.3) is 0 Å². The number of morpholine rings is 1. The SMILES string of the molecule is Cc1cc(NC(=O)NCC(CC(C)C)N2CCOCC2)n(C)n1. The molecule has 1 aliphatic rings. The molecule has 0 bridgehead atoms. The number of anilines is 1. The molecule has 1 saturated heterocycles. The van der Waals surface area contributed by atoms with E-state index in [-0.39, 0.29) is 6.03 Å². The van der Waals surface area contributed by atoms with E-state index in [4.69, 9.17) is 4.74 Å². The zero-order valence-corrected chi connectivity index (χ0v) is 14.6. The molecule has 0 radical (unpaired) electrons. The Labute approximate surface area is 138 Å². The van der Waals surface area contributed by atoms with Crippen molar-refractivity contribution in [1.29, 1.82) is 0 Å². The predicted octanol–water partition coefficient (Wildman–Crippen LogP) is 1.60. The molecule has 1 atom stereocenters. The van der Waals surface area contributed by atoms with Gasteiger partial charge in [-0.15, -0.1) is 0 Å². The van der Waals surface area contributed by atoms with Crippen LogP contribution in [0.15, 0.2) is 6.07 Å². The summed E-state index contributed by atoms with van der Waals surface area (Å²) in [6.07, 6.45) is 1.06. The van der Waals surface area contributed by atoms with Crippen molar-refractivity contribution in [2.75, 3.05) is 38.2 Å². The van der Waals surface area contributed by atoms with Crippen LogP contribution >= 0.6 is 0 Å². The monoisotopic (exact) mass is 323 g/mol. The first-order valence-electron chi connectivity index (χ1n) is 8.33. The second-order valence-corrected chi connectivity index (χ2v) is 6.56. The minimum atomic E-state index is -0.185. The fourth-order valence-corrected chi connectivity index (χ4v) is 2.95. The first-order chi connectivity index (χ1) is 11.0. The Bertz CT molecular complexity index is 509. The Morgan fingerprint density at radius 1 is 1.39 bits per heavy atom. The van der Waals surface area contributed by atoms with Gasteiger partial charge in [-0.3, -0.25) is 14.9 Å². The molecule has 2 N–H and O–H groups in total. The zero-order chi connectivity index (χ0) is 16.8. The number of ether oxygens (including phenoxy) is 1. The molecule has 1 unspecified atom stereocenters. The van der Waals surface area contributed by atoms with Crippen LogP contribution in [0, 0.1) is 12.8 Å². The van der Waals surface area contributed by atoms with E-state index in [0.29, 0.717) is 24.3 Å². The number of hydrogen-bond donors (Lipinski definition) is 2. The molecule has 1 aromatic rings. The summed E-state index contributed by atoms with van der Waals surface area (Å²) in [5.74, 6) is 1.29. The summed E-state index contributed by atoms with van der Waals surface area (Å²) in [6.45, 7) is 10.4. The van der Waals surface area contributed by atoms with E-state index in [2.05, 4.69) is 34.5 Å². The van der Waals surface area contributed by atoms with Crippen LogP contribution in [0.5, 0.6) is 0 Å². The Hall–Kier alpha value is -1.60. The first kappa shape index (κ1) is 17.7. The van der Waals surface area contributed by atoms with Crippen molar-refractivity contribution in [1.82, 2.24) is 20.0 Å². The number of carbonyl (C=O) groups is 1. The van der Waals surface area contributed by atoms with Crippen molar-refractivity contribution < 1.29 is 9.53 Å². The summed E-state index contributed by atoms with van der Waals surface area (Å²) in [5.41, 5.74) is 0.883. The zero-order valence-electron chi connectivity index (χ0n) is 14.6. The van der Waals surface area contributed by atoms with Crippen LogP contribution in [0.2, 0.25) is 0 Å². The van der Waals surface area contributed by atoms with Crippen molar-refractivity contribution in [2.45, 2.75) is 33.2 Å². The number of aryl methyl sites for hydroxylation is 2. The molecule has 7 nitrogen and oxygen atoms in total. The number of nitrogens with zero attached hydrogens (tertiary/aromatic N) is 3. The highest BCUT2D eigenvalue weighted by Gasteiger charge is 2.22. The molecule has 130 valence electrons. The van der Waals surface area contributed by atoms with Gasteiger partial charge in [-0.05, 0) is 19.3 Å². The molecule has 1 aromatic heterocycles. The topological polar surface area (TPSA) is 71.4 Å². The maximum Gasteiger partial charge on any atom is 0.320 e. The fraction of sp³-hybridized carbons (Fsp3) is 0.750. The molecule has 1 aliphatic heterocycles. The number of urea groups is 1. The van der Waals surface area contributed by atoms with Crippen LogP contribution in [-0.4, -0.2) is 59.6 Å². The smallest absolute Gasteiger partial charge is 0.320 e. The van der Waals surface area contributed by atoms with Gasteiger partial charge in [0, 0.05) is 38.8 Å². The highest BCUT2D eigenvalue weighted by atomic mass is 16.5. The third-order valence-corrected chi connectivity index (χ3v) is 4.05. The van der Waals surface area contributed by atoms with E-state index in [0.717, 1.165) is 38.4 Å². The van der Waals surface area contributed by atoms with Gasteiger partial charge in [0.05, 0.1) is 18.9 Å². The molecular weight excluding hydrogens is 294 g/mol. The number of carbonyl (C=O) groups excluding carboxylic acids is 1. The summed E-state index contributed by atoms with van der Waals surface area (Å²) in [7, 11) is 1.82. The summed E-state index contributed by atoms with van der Waals surface area (Å²) in [4.78, 5) is 14.6. The van der Waals surface area contributed by atoms with Gasteiger partial charge in [-0.1, -0.05) is 13.8 Å². The van der Waals surface area contributed by atoms with Gasteiger partial charge < -0.3 is 10.1 Å². The number of hydrogen-bond acceptors (Lipinski definition) is 4. The average Bonchev–Trinajstić information content (AvgIpc) is 2.81. The van der Waals surface area contributed by atoms with Crippen LogP contribution in [0.3, 0.4) is 0 Å². The van der Waals surface area contributed by atoms with Crippen LogP contribution < -0.4 is 10.6 Å². The summed E-state index contributed by atoms with van der Waals surface area (Å²) in [5, 5.41) is 10.1. The van der Waals surface area contributed by atoms with Gasteiger partial charge in [0.1, 0.15) is 5.82 Å². The molecule has 23 heavy (non-hydrogen) atoms. The summed E-state index contributed by atoms with van der Waals surface area (Å²) >= 11 is 0. The van der Waals surface area contributed by atoms with Gasteiger partial charge >= 0.3 is 6.03 Å². The molecule has 1 fully saturated rings. The van der Waals surface area contributed by atoms with Crippen molar-refractivity contribution in [3.8, 4) is 0 Å². The van der Waals surface area contributed by atoms with E-state index in [9.17, 15) is 4.79 Å². The molecule has 2 amide bonds. The van der Waals surface area contributed by atoms with Gasteiger partial charge in [0.25, 0.3) is 0 Å². The number of amides is 2. The van der Waals surface area contributed by atoms with Crippen molar-refractivity contribution in [3.05, 3.63) is 11.8 Å². The number of rotatable bonds is 6. The van der Waals surface area contributed by atoms with Gasteiger partial charge in [0.2, 0.25) is 0 Å². The van der Waals surface area contributed by atoms with E-state index in [1.807, 2.05) is 20.0 Å². The molecule has 7 heteroatoms. The van der Waals surface area contributed by atoms with Crippen LogP contribution in [0.4, 0.5) is 10.6 Å². The highest BCUT2D eigenvalue weighted by Crippen LogP contribution is 2.13. The van der Waals surface area contributed by atoms with E-state index >= 15 is 0 Å². The quantitative estimate of drug-likeness (QED) is 0.834. The molecular formula is C16H29N5O2. The van der Waals surface area contributed by atoms with Crippen molar-refractivity contribution >= 4 is 11.8 Å². The van der Waals surface area contributed by atoms with Crippen molar-refractivity contribution in [3.63, 3.8) is 0 Å². The maximum absolute atomic E-state index is 12.1. The molecule has 0 spiro atoms. The summed E-state index contributed by atoms with van der Waals surface area (Å²) < 4.78 is 7.09. The molecule has 0 saturated carbocycles. The molecule has 0 aliphatic carbocycles. The Balaban J connectivity index is 1.86. The normalized spacial score (nSPS) is 17.3. The highest BCUT2D eigenvalue weighted by molar-refractivity contribution is 5.88. The second-order valence-electron chi connectivity index (χ2n) is 6.56. The van der Waals surface area contributed by atoms with E-state index in [1.165, 1.54) is 0 Å². The fourth-order valence-electron chi connectivity index (χ4n) is 2.95. The van der Waals surface area contributed by atoms with Crippen LogP contribution in [-0.2, 0) is 11.8 Å². The lowest BCUT2D eigenvalue weighted by Gasteiger charge is -2.35. The lowest BCUT2D eigenvalue weighted by atomic mass is 10.0. The average molecular weight is 323 g/mol. The Morgan fingerprint density at radius 3 is 2.65 bits per heavy atom. The maximum atomic E-state index is 12.1. The van der Waals surface area contributed by atoms with Crippen molar-refractivity contribution in [2.24, 2.45) is 13.0 Å². The second kappa shape index (κ2) is 8.31. The van der Waals surface area contributed by atoms with E-state index in [1.54, 1.807) is 4.68 Å². The third-order valence-electron chi connectivity index (χ3n) is 4.05. The van der Waals surface area contributed by atoms with Gasteiger partial charge in [0.15, 0.2) is 0 Å². The largest absolute Gasteiger partial charge is 0.379 e. The molecule has 2 heterocycles. The lowest BCUT2D eigenvalue weighted by Crippen LogP contribution is -2.49. The molecule has 0 aromatic carbocycles. The van der Waals surface area contributed by atoms with Gasteiger partial charge in [-0.25, -0.2) is 4.79 Å². The van der Waals surface area contributed by atoms with E-state index < -0.39 is 0 Å². The number of aromatic nitrogens is 2. The predicted molar refractivity (Wildman–Crippen MR) is 90.6 cm³/mol. The molecule has 2 rings (SSSR count).